The molecule has 12 amide bonds. The second-order valence-corrected chi connectivity index (χ2v) is 26.5. The number of benzene rings is 3. The second kappa shape index (κ2) is 37.8. The van der Waals surface area contributed by atoms with Gasteiger partial charge in [0.05, 0.1) is 19.1 Å². The zero-order chi connectivity index (χ0) is 71.0. The monoisotopic (exact) mass is 1370 g/mol. The normalized spacial score (nSPS) is 28.2. The molecular weight excluding hydrogens is 1280 g/mol. The third-order valence-corrected chi connectivity index (χ3v) is 18.1. The Morgan fingerprint density at radius 3 is 1.52 bits per heavy atom. The van der Waals surface area contributed by atoms with Gasteiger partial charge >= 0.3 is 0 Å². The molecule has 0 saturated carbocycles. The zero-order valence-corrected chi connectivity index (χ0v) is 55.7. The maximum Gasteiger partial charge on any atom is 0.246 e. The van der Waals surface area contributed by atoms with E-state index in [2.05, 4.69) is 47.9 Å². The number of hydrogen-bond donors (Lipinski definition) is 16. The molecule has 3 aromatic rings. The highest BCUT2D eigenvalue weighted by atomic mass is 32.2. The van der Waals surface area contributed by atoms with E-state index < -0.39 is 199 Å². The summed E-state index contributed by atoms with van der Waals surface area (Å²) in [5.74, 6) is -12.9. The van der Waals surface area contributed by atoms with Crippen molar-refractivity contribution in [3.8, 4) is 0 Å². The Hall–Kier alpha value is -8.59. The van der Waals surface area contributed by atoms with Crippen LogP contribution in [0.2, 0.25) is 0 Å². The molecule has 530 valence electrons. The average Bonchev–Trinajstić information content (AvgIpc) is 1.87. The number of primary amides is 2. The van der Waals surface area contributed by atoms with Crippen LogP contribution in [0.25, 0.3) is 0 Å². The predicted molar refractivity (Wildman–Crippen MR) is 356 cm³/mol. The number of aliphatic hydroxyl groups is 3. The fourth-order valence-electron chi connectivity index (χ4n) is 11.5. The molecule has 20 N–H and O–H groups in total. The van der Waals surface area contributed by atoms with E-state index in [9.17, 15) is 68.1 Å². The van der Waals surface area contributed by atoms with Gasteiger partial charge in [-0.1, -0.05) is 119 Å². The lowest BCUT2D eigenvalue weighted by molar-refractivity contribution is -0.165. The van der Waals surface area contributed by atoms with Gasteiger partial charge in [-0.2, -0.15) is 0 Å². The number of ether oxygens (including phenoxy) is 1. The molecule has 15 atom stereocenters. The minimum atomic E-state index is -1.91. The predicted octanol–water partition coefficient (Wildman–Crippen LogP) is -3.84. The maximum atomic E-state index is 15.2. The van der Waals surface area contributed by atoms with Crippen molar-refractivity contribution in [2.75, 3.05) is 25.4 Å². The molecule has 3 aliphatic rings. The summed E-state index contributed by atoms with van der Waals surface area (Å²) in [6, 6.07) is 9.07. The Labute approximate surface area is 567 Å². The quantitative estimate of drug-likeness (QED) is 0.0486. The van der Waals surface area contributed by atoms with E-state index in [-0.39, 0.29) is 64.0 Å². The van der Waals surface area contributed by atoms with Gasteiger partial charge in [-0.3, -0.25) is 57.5 Å². The van der Waals surface area contributed by atoms with Crippen LogP contribution in [0, 0.1) is 11.8 Å². The van der Waals surface area contributed by atoms with Crippen LogP contribution in [0.5, 0.6) is 0 Å². The van der Waals surface area contributed by atoms with E-state index in [4.69, 9.17) is 27.7 Å². The Balaban J connectivity index is 1.47. The van der Waals surface area contributed by atoms with Crippen molar-refractivity contribution < 1.29 is 77.6 Å². The van der Waals surface area contributed by atoms with Crippen LogP contribution in [-0.2, 0) is 81.5 Å². The first kappa shape index (κ1) is 77.4. The molecule has 0 radical (unpaired) electrons. The van der Waals surface area contributed by atoms with Gasteiger partial charge in [0.25, 0.3) is 0 Å². The lowest BCUT2D eigenvalue weighted by atomic mass is 9.99. The standard InChI is InChI=1S/C66H94N14O16S/c1-35(2)28-42-58(88)77-46(31-39-20-12-7-13-21-39)65(95)80-27-15-23-48(80)63(93)76-44(30-38-18-10-6-11-19-38)60(90)74-43(29-37-16-8-5-9-17-37)59(89)75-45(32-51(69)83)61(91)71-41(24-25-50(68)82)57(87)78-47(34-97-66-52(70)55(85)54(84)49(33-81)96-66)62(92)79-53(36(3)4)64(94)72-40(22-14-26-67)56(86)73-42/h5-13,16-21,35-36,40-49,52-55,66,81,84-85H,14-15,22-34,67,70H2,1-4H3,(H2,68,82)(H2,69,83)(H,71,91)(H,72,94)(H,73,86)(H,74,90)(H,75,89)(H,76,93)(H,77,88)(H,78,87)(H,79,92)/t40-,41-,42-,43+,44-,45-,46+,47+,48-,49+,52+,53-,54+,55+,66-/m0/s1. The SMILES string of the molecule is CC(C)C[C@@H]1NC(=O)[C@H](CCCN)NC(=O)[C@H](C(C)C)NC(=O)[C@@H](CS[C@@H]2O[C@H](CO)[C@@H](O)[C@H](O)[C@H]2N)NC(=O)[C@H](CCC(N)=O)NC(=O)[C@H](CC(N)=O)NC(=O)[C@@H](Cc2ccccc2)NC(=O)[C@H](Cc2ccccc2)NC(=O)[C@@H]2CCCN2C(=O)[C@@H](Cc2ccccc2)NC1=O. The minimum Gasteiger partial charge on any atom is -0.394 e. The number of thioether (sulfide) groups is 1. The molecule has 3 saturated heterocycles. The summed E-state index contributed by atoms with van der Waals surface area (Å²) in [5, 5.41) is 55.3. The lowest BCUT2D eigenvalue weighted by Gasteiger charge is -2.40. The molecule has 3 fully saturated rings. The number of rotatable bonds is 21. The summed E-state index contributed by atoms with van der Waals surface area (Å²) in [6.07, 6.45) is -6.53. The van der Waals surface area contributed by atoms with Gasteiger partial charge in [-0.05, 0) is 73.6 Å². The molecule has 3 aromatic carbocycles. The largest absolute Gasteiger partial charge is 0.394 e. The van der Waals surface area contributed by atoms with Gasteiger partial charge in [0.15, 0.2) is 0 Å². The van der Waals surface area contributed by atoms with Gasteiger partial charge in [0, 0.05) is 38.0 Å². The number of aliphatic hydroxyl groups excluding tert-OH is 3. The first-order chi connectivity index (χ1) is 46.2. The molecule has 97 heavy (non-hydrogen) atoms. The van der Waals surface area contributed by atoms with Gasteiger partial charge in [-0.15, -0.1) is 11.8 Å². The van der Waals surface area contributed by atoms with E-state index in [0.717, 1.165) is 11.8 Å². The molecule has 3 heterocycles. The van der Waals surface area contributed by atoms with Gasteiger partial charge in [0.1, 0.15) is 84.2 Å². The van der Waals surface area contributed by atoms with Gasteiger partial charge in [-0.25, -0.2) is 0 Å². The minimum absolute atomic E-state index is 0.0304. The van der Waals surface area contributed by atoms with Crippen molar-refractivity contribution in [2.24, 2.45) is 34.8 Å². The zero-order valence-electron chi connectivity index (χ0n) is 54.9. The van der Waals surface area contributed by atoms with Gasteiger partial charge < -0.3 is 95.7 Å². The van der Waals surface area contributed by atoms with E-state index in [1.165, 1.54) is 4.90 Å². The van der Waals surface area contributed by atoms with Crippen molar-refractivity contribution >= 4 is 82.6 Å². The number of nitrogens with two attached hydrogens (primary N) is 4. The molecule has 30 nitrogen and oxygen atoms in total. The van der Waals surface area contributed by atoms with Crippen LogP contribution in [0.3, 0.4) is 0 Å². The number of carbonyl (C=O) groups is 12. The van der Waals surface area contributed by atoms with Crippen LogP contribution in [0.1, 0.15) is 95.8 Å². The van der Waals surface area contributed by atoms with Crippen LogP contribution >= 0.6 is 11.8 Å². The number of nitrogens with zero attached hydrogens (tertiary/aromatic N) is 1. The van der Waals surface area contributed by atoms with Crippen molar-refractivity contribution in [1.29, 1.82) is 0 Å². The number of nitrogens with one attached hydrogen (secondary N) is 9. The molecule has 0 unspecified atom stereocenters. The Bertz CT molecular complexity index is 3190. The number of fused-ring (bicyclic) bond motifs is 1. The second-order valence-electron chi connectivity index (χ2n) is 25.3. The first-order valence-corrected chi connectivity index (χ1v) is 33.6. The van der Waals surface area contributed by atoms with Crippen LogP contribution < -0.4 is 70.8 Å². The Morgan fingerprint density at radius 2 is 1.00 bits per heavy atom. The average molecular weight is 1370 g/mol. The molecule has 0 aromatic heterocycles. The smallest absolute Gasteiger partial charge is 0.246 e. The van der Waals surface area contributed by atoms with E-state index in [1.807, 2.05) is 0 Å². The summed E-state index contributed by atoms with van der Waals surface area (Å²) in [4.78, 5) is 175. The third kappa shape index (κ3) is 23.3. The molecule has 0 aliphatic carbocycles. The third-order valence-electron chi connectivity index (χ3n) is 16.8. The molecule has 0 bridgehead atoms. The fourth-order valence-corrected chi connectivity index (χ4v) is 12.7. The summed E-state index contributed by atoms with van der Waals surface area (Å²) < 4.78 is 5.79. The summed E-state index contributed by atoms with van der Waals surface area (Å²) in [6.45, 7) is 6.08. The lowest BCUT2D eigenvalue weighted by Crippen LogP contribution is -2.63. The van der Waals surface area contributed by atoms with Crippen LogP contribution in [0.15, 0.2) is 91.0 Å². The van der Waals surface area contributed by atoms with Gasteiger partial charge in [0.2, 0.25) is 70.9 Å². The van der Waals surface area contributed by atoms with Crippen molar-refractivity contribution in [1.82, 2.24) is 52.8 Å². The molecule has 31 heteroatoms. The van der Waals surface area contributed by atoms with Crippen LogP contribution in [-0.4, -0.2) is 207 Å². The molecule has 3 aliphatic heterocycles. The van der Waals surface area contributed by atoms with E-state index >= 15 is 4.79 Å². The molecule has 6 rings (SSSR count). The van der Waals surface area contributed by atoms with Crippen molar-refractivity contribution in [2.45, 2.75) is 189 Å². The Morgan fingerprint density at radius 1 is 0.557 bits per heavy atom. The number of hydrogen-bond acceptors (Lipinski definition) is 19. The summed E-state index contributed by atoms with van der Waals surface area (Å²) in [7, 11) is 0. The maximum absolute atomic E-state index is 15.2. The molecular formula is C66H94N14O16S. The summed E-state index contributed by atoms with van der Waals surface area (Å²) in [5.41, 5.74) is 23.8. The fraction of sp³-hybridized carbons (Fsp3) is 0.545. The first-order valence-electron chi connectivity index (χ1n) is 32.6. The highest BCUT2D eigenvalue weighted by molar-refractivity contribution is 7.99. The van der Waals surface area contributed by atoms with Crippen molar-refractivity contribution in [3.05, 3.63) is 108 Å². The Kier molecular flexibility index (Phi) is 30.2. The summed E-state index contributed by atoms with van der Waals surface area (Å²) >= 11 is 0.740. The van der Waals surface area contributed by atoms with Crippen LogP contribution in [0.4, 0.5) is 0 Å². The number of carbonyl (C=O) groups excluding carboxylic acids is 12. The van der Waals surface area contributed by atoms with Crippen molar-refractivity contribution in [3.63, 3.8) is 0 Å². The highest BCUT2D eigenvalue weighted by Gasteiger charge is 2.45. The molecule has 0 spiro atoms. The topological polar surface area (TPSA) is 490 Å². The van der Waals surface area contributed by atoms with E-state index in [0.29, 0.717) is 23.1 Å². The van der Waals surface area contributed by atoms with E-state index in [1.54, 1.807) is 119 Å². The highest BCUT2D eigenvalue weighted by Crippen LogP contribution is 2.29. The number of amides is 12.